The molecule has 0 aromatic rings. The second-order valence-corrected chi connectivity index (χ2v) is 10.6. The quantitative estimate of drug-likeness (QED) is 0.0721. The molecular formula is C33H62O16. The molecule has 1 saturated heterocycles. The van der Waals surface area contributed by atoms with Crippen LogP contribution in [0.1, 0.15) is 44.9 Å². The maximum absolute atomic E-state index is 11.5. The topological polar surface area (TPSA) is 174 Å². The first kappa shape index (κ1) is 45.5. The maximum Gasteiger partial charge on any atom is 0.305 e. The van der Waals surface area contributed by atoms with Crippen LogP contribution in [0.15, 0.2) is 0 Å². The van der Waals surface area contributed by atoms with E-state index in [4.69, 9.17) is 66.7 Å². The molecule has 1 fully saturated rings. The van der Waals surface area contributed by atoms with E-state index in [1.54, 1.807) is 0 Å². The third-order valence-electron chi connectivity index (χ3n) is 6.53. The molecule has 0 aromatic carbocycles. The van der Waals surface area contributed by atoms with Crippen molar-refractivity contribution in [2.24, 2.45) is 0 Å². The van der Waals surface area contributed by atoms with E-state index in [1.807, 2.05) is 0 Å². The summed E-state index contributed by atoms with van der Waals surface area (Å²) in [6, 6.07) is 0. The molecule has 0 amide bonds. The molecule has 1 rings (SSSR count). The SMILES string of the molecule is O=C(O)CCCCC(=O)OCCOCCOCCOCCOCCOCCOCCOCCOCCOCCOCCOC1CCCCO1. The Labute approximate surface area is 291 Å². The zero-order valence-electron chi connectivity index (χ0n) is 29.4. The van der Waals surface area contributed by atoms with Crippen molar-refractivity contribution in [3.05, 3.63) is 0 Å². The minimum absolute atomic E-state index is 0.0598. The van der Waals surface area contributed by atoms with Gasteiger partial charge in [-0.25, -0.2) is 0 Å². The minimum atomic E-state index is -0.863. The number of aliphatic carboxylic acids is 1. The van der Waals surface area contributed by atoms with Crippen molar-refractivity contribution < 1.29 is 76.3 Å². The molecule has 1 aliphatic heterocycles. The third-order valence-corrected chi connectivity index (χ3v) is 6.53. The van der Waals surface area contributed by atoms with Crippen LogP contribution in [0.25, 0.3) is 0 Å². The van der Waals surface area contributed by atoms with Gasteiger partial charge >= 0.3 is 11.9 Å². The summed E-state index contributed by atoms with van der Waals surface area (Å²) in [7, 11) is 0. The van der Waals surface area contributed by atoms with Gasteiger partial charge in [-0.3, -0.25) is 9.59 Å². The fraction of sp³-hybridized carbons (Fsp3) is 0.939. The summed E-state index contributed by atoms with van der Waals surface area (Å²) in [5.74, 6) is -1.21. The molecule has 16 nitrogen and oxygen atoms in total. The number of unbranched alkanes of at least 4 members (excludes halogenated alkanes) is 1. The van der Waals surface area contributed by atoms with Gasteiger partial charge in [0.2, 0.25) is 0 Å². The fourth-order valence-corrected chi connectivity index (χ4v) is 3.99. The van der Waals surface area contributed by atoms with Gasteiger partial charge in [-0.2, -0.15) is 0 Å². The van der Waals surface area contributed by atoms with Crippen LogP contribution in [0.3, 0.4) is 0 Å². The van der Waals surface area contributed by atoms with Crippen molar-refractivity contribution in [2.75, 3.05) is 152 Å². The second-order valence-electron chi connectivity index (χ2n) is 10.6. The van der Waals surface area contributed by atoms with E-state index in [0.29, 0.717) is 145 Å². The molecule has 0 radical (unpaired) electrons. The molecule has 16 heteroatoms. The predicted octanol–water partition coefficient (Wildman–Crippen LogP) is 1.88. The summed E-state index contributed by atoms with van der Waals surface area (Å²) < 4.78 is 70.6. The highest BCUT2D eigenvalue weighted by atomic mass is 16.7. The highest BCUT2D eigenvalue weighted by Crippen LogP contribution is 2.13. The van der Waals surface area contributed by atoms with Crippen molar-refractivity contribution in [3.8, 4) is 0 Å². The summed E-state index contributed by atoms with van der Waals surface area (Å²) in [6.07, 6.45) is 4.40. The number of hydrogen-bond donors (Lipinski definition) is 1. The number of rotatable bonds is 39. The first-order chi connectivity index (χ1) is 24.2. The lowest BCUT2D eigenvalue weighted by Crippen LogP contribution is -2.24. The summed E-state index contributed by atoms with van der Waals surface area (Å²) >= 11 is 0. The van der Waals surface area contributed by atoms with Crippen molar-refractivity contribution >= 4 is 11.9 Å². The van der Waals surface area contributed by atoms with Gasteiger partial charge in [-0.15, -0.1) is 0 Å². The minimum Gasteiger partial charge on any atom is -0.481 e. The molecule has 0 bridgehead atoms. The standard InChI is InChI=1S/C33H62O16/c34-31(35)5-1-2-6-32(36)47-29-27-45-25-23-43-21-19-41-17-15-39-13-11-37-9-10-38-12-14-40-16-18-42-20-22-44-24-26-46-28-30-49-33-7-3-4-8-48-33/h33H,1-30H2,(H,34,35). The van der Waals surface area contributed by atoms with E-state index in [2.05, 4.69) is 0 Å². The Morgan fingerprint density at radius 3 is 1.16 bits per heavy atom. The van der Waals surface area contributed by atoms with Gasteiger partial charge in [0.1, 0.15) is 6.61 Å². The number of esters is 1. The van der Waals surface area contributed by atoms with Crippen LogP contribution in [0.5, 0.6) is 0 Å². The zero-order valence-corrected chi connectivity index (χ0v) is 29.4. The maximum atomic E-state index is 11.5. The van der Waals surface area contributed by atoms with E-state index >= 15 is 0 Å². The first-order valence-electron chi connectivity index (χ1n) is 17.6. The van der Waals surface area contributed by atoms with E-state index in [1.165, 1.54) is 0 Å². The fourth-order valence-electron chi connectivity index (χ4n) is 3.99. The molecule has 1 aliphatic rings. The lowest BCUT2D eigenvalue weighted by molar-refractivity contribution is -0.169. The van der Waals surface area contributed by atoms with Crippen molar-refractivity contribution in [1.82, 2.24) is 0 Å². The van der Waals surface area contributed by atoms with Gasteiger partial charge in [0, 0.05) is 19.4 Å². The molecule has 0 aliphatic carbocycles. The largest absolute Gasteiger partial charge is 0.481 e. The molecule has 0 saturated carbocycles. The molecule has 49 heavy (non-hydrogen) atoms. The number of ether oxygens (including phenoxy) is 13. The van der Waals surface area contributed by atoms with Crippen molar-refractivity contribution in [1.29, 1.82) is 0 Å². The zero-order chi connectivity index (χ0) is 35.1. The van der Waals surface area contributed by atoms with Crippen LogP contribution in [0, 0.1) is 0 Å². The van der Waals surface area contributed by atoms with Crippen LogP contribution in [-0.4, -0.2) is 175 Å². The lowest BCUT2D eigenvalue weighted by atomic mass is 10.2. The van der Waals surface area contributed by atoms with E-state index in [-0.39, 0.29) is 38.3 Å². The summed E-state index contributed by atoms with van der Waals surface area (Å²) in [5.41, 5.74) is 0. The Morgan fingerprint density at radius 2 is 0.816 bits per heavy atom. The Hall–Kier alpha value is -1.54. The summed E-state index contributed by atoms with van der Waals surface area (Å²) in [5, 5.41) is 8.55. The first-order valence-corrected chi connectivity index (χ1v) is 17.6. The van der Waals surface area contributed by atoms with Crippen molar-refractivity contribution in [3.63, 3.8) is 0 Å². The summed E-state index contributed by atoms with van der Waals surface area (Å²) in [4.78, 5) is 21.9. The Balaban J connectivity index is 1.62. The van der Waals surface area contributed by atoms with E-state index in [0.717, 1.165) is 25.9 Å². The third kappa shape index (κ3) is 36.1. The van der Waals surface area contributed by atoms with Gasteiger partial charge in [0.15, 0.2) is 6.29 Å². The summed E-state index contributed by atoms with van der Waals surface area (Å²) in [6.45, 7) is 10.9. The molecule has 1 unspecified atom stereocenters. The molecule has 0 aromatic heterocycles. The van der Waals surface area contributed by atoms with Crippen LogP contribution in [0.2, 0.25) is 0 Å². The van der Waals surface area contributed by atoms with Gasteiger partial charge in [0.25, 0.3) is 0 Å². The van der Waals surface area contributed by atoms with E-state index in [9.17, 15) is 9.59 Å². The highest BCUT2D eigenvalue weighted by Gasteiger charge is 2.13. The van der Waals surface area contributed by atoms with Gasteiger partial charge in [-0.05, 0) is 32.1 Å². The van der Waals surface area contributed by atoms with Gasteiger partial charge in [0.05, 0.1) is 139 Å². The molecule has 1 heterocycles. The van der Waals surface area contributed by atoms with Crippen LogP contribution in [-0.2, 0) is 71.2 Å². The highest BCUT2D eigenvalue weighted by molar-refractivity contribution is 5.69. The number of carbonyl (C=O) groups is 2. The number of carboxylic acid groups (broad SMARTS) is 1. The Kier molecular flexibility index (Phi) is 35.0. The number of carbonyl (C=O) groups excluding carboxylic acids is 1. The number of hydrogen-bond acceptors (Lipinski definition) is 15. The second kappa shape index (κ2) is 37.7. The molecular weight excluding hydrogens is 652 g/mol. The van der Waals surface area contributed by atoms with Gasteiger partial charge in [-0.1, -0.05) is 0 Å². The van der Waals surface area contributed by atoms with Crippen LogP contribution in [0.4, 0.5) is 0 Å². The molecule has 290 valence electrons. The molecule has 1 atom stereocenters. The van der Waals surface area contributed by atoms with Crippen LogP contribution < -0.4 is 0 Å². The Morgan fingerprint density at radius 1 is 0.469 bits per heavy atom. The smallest absolute Gasteiger partial charge is 0.305 e. The lowest BCUT2D eigenvalue weighted by Gasteiger charge is -2.22. The average molecular weight is 715 g/mol. The molecule has 1 N–H and O–H groups in total. The average Bonchev–Trinajstić information content (AvgIpc) is 3.10. The number of carboxylic acids is 1. The van der Waals surface area contributed by atoms with Gasteiger partial charge < -0.3 is 66.7 Å². The van der Waals surface area contributed by atoms with Crippen molar-refractivity contribution in [2.45, 2.75) is 51.2 Å². The molecule has 0 spiro atoms. The Bertz CT molecular complexity index is 710. The predicted molar refractivity (Wildman–Crippen MR) is 175 cm³/mol. The van der Waals surface area contributed by atoms with Crippen LogP contribution >= 0.6 is 0 Å². The van der Waals surface area contributed by atoms with E-state index < -0.39 is 5.97 Å². The normalized spacial score (nSPS) is 14.7. The monoisotopic (exact) mass is 714 g/mol.